The topological polar surface area (TPSA) is 54.3 Å². The van der Waals surface area contributed by atoms with Crippen molar-refractivity contribution in [3.8, 4) is 17.6 Å². The Kier molecular flexibility index (Phi) is 4.81. The molecule has 2 aromatic carbocycles. The number of hydrogen-bond acceptors (Lipinski definition) is 4. The highest BCUT2D eigenvalue weighted by Crippen LogP contribution is 2.23. The van der Waals surface area contributed by atoms with Gasteiger partial charge in [0, 0.05) is 0 Å². The SMILES string of the molecule is CNC(C#N)(COc1ccc(OC)cc1)c1ccccc1. The average molecular weight is 282 g/mol. The van der Waals surface area contributed by atoms with Crippen LogP contribution in [0.5, 0.6) is 11.5 Å². The molecule has 0 aliphatic carbocycles. The summed E-state index contributed by atoms with van der Waals surface area (Å²) in [7, 11) is 3.38. The van der Waals surface area contributed by atoms with Gasteiger partial charge in [-0.15, -0.1) is 0 Å². The summed E-state index contributed by atoms with van der Waals surface area (Å²) in [5, 5.41) is 12.6. The van der Waals surface area contributed by atoms with E-state index in [1.54, 1.807) is 14.2 Å². The number of nitrogens with zero attached hydrogens (tertiary/aromatic N) is 1. The van der Waals surface area contributed by atoms with Crippen molar-refractivity contribution >= 4 is 0 Å². The van der Waals surface area contributed by atoms with Gasteiger partial charge in [-0.1, -0.05) is 30.3 Å². The van der Waals surface area contributed by atoms with Crippen LogP contribution in [0.25, 0.3) is 0 Å². The highest BCUT2D eigenvalue weighted by Gasteiger charge is 2.31. The monoisotopic (exact) mass is 282 g/mol. The molecule has 4 nitrogen and oxygen atoms in total. The molecular formula is C17H18N2O2. The summed E-state index contributed by atoms with van der Waals surface area (Å²) in [6, 6.07) is 19.2. The molecule has 0 bridgehead atoms. The molecule has 1 atom stereocenters. The fourth-order valence-electron chi connectivity index (χ4n) is 2.04. The Bertz CT molecular complexity index is 605. The summed E-state index contributed by atoms with van der Waals surface area (Å²) in [5.41, 5.74) is 0.00443. The van der Waals surface area contributed by atoms with E-state index in [4.69, 9.17) is 9.47 Å². The van der Waals surface area contributed by atoms with Gasteiger partial charge in [0.15, 0.2) is 5.54 Å². The Hall–Kier alpha value is -2.51. The first-order valence-electron chi connectivity index (χ1n) is 6.66. The zero-order valence-corrected chi connectivity index (χ0v) is 12.2. The smallest absolute Gasteiger partial charge is 0.166 e. The number of nitriles is 1. The first-order chi connectivity index (χ1) is 10.2. The Morgan fingerprint density at radius 3 is 2.19 bits per heavy atom. The molecule has 0 amide bonds. The van der Waals surface area contributed by atoms with E-state index in [0.717, 1.165) is 11.3 Å². The van der Waals surface area contributed by atoms with Gasteiger partial charge >= 0.3 is 0 Å². The van der Waals surface area contributed by atoms with Gasteiger partial charge in [0.25, 0.3) is 0 Å². The van der Waals surface area contributed by atoms with Crippen molar-refractivity contribution in [1.29, 1.82) is 5.26 Å². The van der Waals surface area contributed by atoms with Crippen LogP contribution in [-0.4, -0.2) is 20.8 Å². The van der Waals surface area contributed by atoms with Crippen LogP contribution in [0.15, 0.2) is 54.6 Å². The van der Waals surface area contributed by atoms with Crippen LogP contribution in [0.2, 0.25) is 0 Å². The summed E-state index contributed by atoms with van der Waals surface area (Å²) in [4.78, 5) is 0. The van der Waals surface area contributed by atoms with Crippen LogP contribution in [0.3, 0.4) is 0 Å². The van der Waals surface area contributed by atoms with Gasteiger partial charge in [0.1, 0.15) is 18.1 Å². The van der Waals surface area contributed by atoms with Gasteiger partial charge < -0.3 is 9.47 Å². The van der Waals surface area contributed by atoms with Gasteiger partial charge in [-0.3, -0.25) is 5.32 Å². The number of benzene rings is 2. The number of hydrogen-bond donors (Lipinski definition) is 1. The maximum absolute atomic E-state index is 9.58. The van der Waals surface area contributed by atoms with E-state index in [-0.39, 0.29) is 6.61 Å². The molecule has 1 unspecified atom stereocenters. The standard InChI is InChI=1S/C17H18N2O2/c1-19-17(12-18,14-6-4-3-5-7-14)13-21-16-10-8-15(20-2)9-11-16/h3-11,19H,13H2,1-2H3. The highest BCUT2D eigenvalue weighted by molar-refractivity contribution is 5.34. The molecule has 108 valence electrons. The summed E-state index contributed by atoms with van der Waals surface area (Å²) in [6.07, 6.45) is 0. The molecule has 0 saturated carbocycles. The number of likely N-dealkylation sites (N-methyl/N-ethyl adjacent to an activating group) is 1. The molecule has 21 heavy (non-hydrogen) atoms. The molecular weight excluding hydrogens is 264 g/mol. The lowest BCUT2D eigenvalue weighted by molar-refractivity contribution is 0.231. The number of ether oxygens (including phenoxy) is 2. The minimum absolute atomic E-state index is 0.219. The van der Waals surface area contributed by atoms with Crippen LogP contribution in [0.4, 0.5) is 0 Å². The second-order valence-electron chi connectivity index (χ2n) is 4.60. The quantitative estimate of drug-likeness (QED) is 0.885. The van der Waals surface area contributed by atoms with Crippen LogP contribution >= 0.6 is 0 Å². The van der Waals surface area contributed by atoms with Crippen molar-refractivity contribution < 1.29 is 9.47 Å². The normalized spacial score (nSPS) is 13.0. The Balaban J connectivity index is 2.15. The zero-order chi connectivity index (χ0) is 15.1. The van der Waals surface area contributed by atoms with Gasteiger partial charge in [-0.05, 0) is 36.9 Å². The molecule has 2 aromatic rings. The molecule has 0 radical (unpaired) electrons. The van der Waals surface area contributed by atoms with Gasteiger partial charge in [-0.2, -0.15) is 5.26 Å². The predicted molar refractivity (Wildman–Crippen MR) is 81.3 cm³/mol. The third-order valence-electron chi connectivity index (χ3n) is 3.40. The molecule has 2 rings (SSSR count). The maximum atomic E-state index is 9.58. The van der Waals surface area contributed by atoms with Crippen LogP contribution < -0.4 is 14.8 Å². The number of rotatable bonds is 6. The summed E-state index contributed by atoms with van der Waals surface area (Å²) >= 11 is 0. The third-order valence-corrected chi connectivity index (χ3v) is 3.40. The van der Waals surface area contributed by atoms with Crippen molar-refractivity contribution in [2.75, 3.05) is 20.8 Å². The predicted octanol–water partition coefficient (Wildman–Crippen LogP) is 2.71. The molecule has 0 aliphatic heterocycles. The molecule has 0 heterocycles. The van der Waals surface area contributed by atoms with E-state index in [1.807, 2.05) is 54.6 Å². The number of methoxy groups -OCH3 is 1. The first-order valence-corrected chi connectivity index (χ1v) is 6.66. The fraction of sp³-hybridized carbons (Fsp3) is 0.235. The van der Waals surface area contributed by atoms with E-state index in [0.29, 0.717) is 5.75 Å². The first kappa shape index (κ1) is 14.9. The van der Waals surface area contributed by atoms with E-state index in [2.05, 4.69) is 11.4 Å². The summed E-state index contributed by atoms with van der Waals surface area (Å²) < 4.78 is 10.9. The van der Waals surface area contributed by atoms with E-state index < -0.39 is 5.54 Å². The molecule has 0 saturated heterocycles. The fourth-order valence-corrected chi connectivity index (χ4v) is 2.04. The average Bonchev–Trinajstić information content (AvgIpc) is 2.58. The Morgan fingerprint density at radius 2 is 1.67 bits per heavy atom. The van der Waals surface area contributed by atoms with Crippen molar-refractivity contribution in [1.82, 2.24) is 5.32 Å². The van der Waals surface area contributed by atoms with Crippen molar-refractivity contribution in [2.45, 2.75) is 5.54 Å². The van der Waals surface area contributed by atoms with Crippen molar-refractivity contribution in [2.24, 2.45) is 0 Å². The lowest BCUT2D eigenvalue weighted by atomic mass is 9.92. The molecule has 0 aromatic heterocycles. The van der Waals surface area contributed by atoms with Crippen LogP contribution in [-0.2, 0) is 5.54 Å². The Morgan fingerprint density at radius 1 is 1.05 bits per heavy atom. The minimum Gasteiger partial charge on any atom is -0.497 e. The van der Waals surface area contributed by atoms with Gasteiger partial charge in [-0.25, -0.2) is 0 Å². The molecule has 0 aliphatic rings. The van der Waals surface area contributed by atoms with Crippen LogP contribution in [0, 0.1) is 11.3 Å². The zero-order valence-electron chi connectivity index (χ0n) is 12.2. The molecule has 1 N–H and O–H groups in total. The van der Waals surface area contributed by atoms with Gasteiger partial charge in [0.2, 0.25) is 0 Å². The van der Waals surface area contributed by atoms with Crippen molar-refractivity contribution in [3.63, 3.8) is 0 Å². The third kappa shape index (κ3) is 3.33. The highest BCUT2D eigenvalue weighted by atomic mass is 16.5. The van der Waals surface area contributed by atoms with E-state index in [1.165, 1.54) is 0 Å². The lowest BCUT2D eigenvalue weighted by Crippen LogP contribution is -2.44. The Labute approximate surface area is 124 Å². The summed E-state index contributed by atoms with van der Waals surface area (Å²) in [5.74, 6) is 1.46. The maximum Gasteiger partial charge on any atom is 0.166 e. The van der Waals surface area contributed by atoms with Gasteiger partial charge in [0.05, 0.1) is 13.2 Å². The molecule has 0 fully saturated rings. The minimum atomic E-state index is -0.874. The second kappa shape index (κ2) is 6.78. The summed E-state index contributed by atoms with van der Waals surface area (Å²) in [6.45, 7) is 0.219. The van der Waals surface area contributed by atoms with Crippen LogP contribution in [0.1, 0.15) is 5.56 Å². The van der Waals surface area contributed by atoms with E-state index in [9.17, 15) is 5.26 Å². The van der Waals surface area contributed by atoms with E-state index >= 15 is 0 Å². The largest absolute Gasteiger partial charge is 0.497 e. The molecule has 4 heteroatoms. The van der Waals surface area contributed by atoms with Crippen molar-refractivity contribution in [3.05, 3.63) is 60.2 Å². The lowest BCUT2D eigenvalue weighted by Gasteiger charge is -2.26. The number of nitrogens with one attached hydrogen (secondary N) is 1. The second-order valence-corrected chi connectivity index (χ2v) is 4.60. The molecule has 0 spiro atoms.